The van der Waals surface area contributed by atoms with Gasteiger partial charge < -0.3 is 15.4 Å². The molecular formula is C15H20Cl2N2O2. The van der Waals surface area contributed by atoms with Crippen molar-refractivity contribution in [2.45, 2.75) is 38.0 Å². The molecule has 1 fully saturated rings. The predicted octanol–water partition coefficient (Wildman–Crippen LogP) is 2.85. The molecule has 0 spiro atoms. The maximum atomic E-state index is 12.4. The first-order valence-electron chi connectivity index (χ1n) is 7.01. The van der Waals surface area contributed by atoms with Crippen LogP contribution in [0.3, 0.4) is 0 Å². The van der Waals surface area contributed by atoms with Gasteiger partial charge in [-0.2, -0.15) is 0 Å². The van der Waals surface area contributed by atoms with Crippen LogP contribution in [0, 0.1) is 0 Å². The molecule has 1 unspecified atom stereocenters. The summed E-state index contributed by atoms with van der Waals surface area (Å²) >= 11 is 11.9. The summed E-state index contributed by atoms with van der Waals surface area (Å²) in [4.78, 5) is 14.3. The van der Waals surface area contributed by atoms with Crippen molar-refractivity contribution in [3.63, 3.8) is 0 Å². The summed E-state index contributed by atoms with van der Waals surface area (Å²) in [6, 6.07) is 5.78. The molecule has 2 N–H and O–H groups in total. The van der Waals surface area contributed by atoms with Crippen molar-refractivity contribution in [3.05, 3.63) is 33.8 Å². The first-order valence-corrected chi connectivity index (χ1v) is 7.77. The molecule has 1 aliphatic carbocycles. The third-order valence-electron chi connectivity index (χ3n) is 3.64. The van der Waals surface area contributed by atoms with Crippen LogP contribution in [0.2, 0.25) is 10.0 Å². The van der Waals surface area contributed by atoms with Crippen molar-refractivity contribution >= 4 is 29.1 Å². The van der Waals surface area contributed by atoms with E-state index in [9.17, 15) is 4.79 Å². The van der Waals surface area contributed by atoms with E-state index in [-0.39, 0.29) is 12.0 Å². The van der Waals surface area contributed by atoms with Crippen LogP contribution in [-0.2, 0) is 16.1 Å². The van der Waals surface area contributed by atoms with E-state index >= 15 is 0 Å². The van der Waals surface area contributed by atoms with Crippen molar-refractivity contribution in [1.29, 1.82) is 0 Å². The molecule has 1 aromatic rings. The minimum absolute atomic E-state index is 0.0703. The number of amides is 1. The molecule has 0 aromatic heterocycles. The summed E-state index contributed by atoms with van der Waals surface area (Å²) in [5, 5.41) is 1.03. The zero-order chi connectivity index (χ0) is 15.4. The Balaban J connectivity index is 2.05. The number of carbonyl (C=O) groups is 1. The normalized spacial score (nSPS) is 15.8. The maximum Gasteiger partial charge on any atom is 0.225 e. The average molecular weight is 331 g/mol. The topological polar surface area (TPSA) is 55.6 Å². The lowest BCUT2D eigenvalue weighted by Gasteiger charge is -2.24. The first kappa shape index (κ1) is 16.6. The van der Waals surface area contributed by atoms with E-state index < -0.39 is 0 Å². The molecule has 1 atom stereocenters. The minimum atomic E-state index is -0.229. The van der Waals surface area contributed by atoms with Crippen molar-refractivity contribution in [2.75, 3.05) is 13.7 Å². The second-order valence-corrected chi connectivity index (χ2v) is 6.11. The predicted molar refractivity (Wildman–Crippen MR) is 84.5 cm³/mol. The van der Waals surface area contributed by atoms with Gasteiger partial charge >= 0.3 is 0 Å². The second-order valence-electron chi connectivity index (χ2n) is 5.30. The van der Waals surface area contributed by atoms with E-state index in [1.165, 1.54) is 0 Å². The Morgan fingerprint density at radius 1 is 1.43 bits per heavy atom. The number of hydrogen-bond donors (Lipinski definition) is 1. The van der Waals surface area contributed by atoms with Gasteiger partial charge in [-0.3, -0.25) is 4.79 Å². The number of methoxy groups -OCH3 is 1. The fourth-order valence-electron chi connectivity index (χ4n) is 2.22. The Kier molecular flexibility index (Phi) is 5.88. The summed E-state index contributed by atoms with van der Waals surface area (Å²) < 4.78 is 5.19. The van der Waals surface area contributed by atoms with E-state index in [0.29, 0.717) is 35.6 Å². The highest BCUT2D eigenvalue weighted by atomic mass is 35.5. The molecule has 1 aliphatic rings. The number of ether oxygens (including phenoxy) is 1. The van der Waals surface area contributed by atoms with Crippen LogP contribution < -0.4 is 5.73 Å². The summed E-state index contributed by atoms with van der Waals surface area (Å²) in [6.07, 6.45) is 2.18. The Morgan fingerprint density at radius 3 is 2.67 bits per heavy atom. The Morgan fingerprint density at radius 2 is 2.14 bits per heavy atom. The largest absolute Gasteiger partial charge is 0.380 e. The number of hydrogen-bond acceptors (Lipinski definition) is 3. The fourth-order valence-corrected chi connectivity index (χ4v) is 2.54. The van der Waals surface area contributed by atoms with Gasteiger partial charge in [0.25, 0.3) is 0 Å². The van der Waals surface area contributed by atoms with Gasteiger partial charge in [-0.05, 0) is 30.5 Å². The van der Waals surface area contributed by atoms with Gasteiger partial charge in [0.05, 0.1) is 22.6 Å². The lowest BCUT2D eigenvalue weighted by molar-refractivity contribution is -0.134. The van der Waals surface area contributed by atoms with Crippen molar-refractivity contribution in [3.8, 4) is 0 Å². The SMILES string of the molecule is COC(CN)CC(=O)N(Cc1ccc(Cl)c(Cl)c1)C1CC1. The molecule has 1 amide bonds. The van der Waals surface area contributed by atoms with Gasteiger partial charge in [0.2, 0.25) is 5.91 Å². The smallest absolute Gasteiger partial charge is 0.225 e. The van der Waals surface area contributed by atoms with E-state index in [4.69, 9.17) is 33.7 Å². The summed E-state index contributed by atoms with van der Waals surface area (Å²) in [5.74, 6) is 0.0703. The highest BCUT2D eigenvalue weighted by molar-refractivity contribution is 6.42. The zero-order valence-electron chi connectivity index (χ0n) is 12.0. The molecule has 116 valence electrons. The Hall–Kier alpha value is -0.810. The van der Waals surface area contributed by atoms with Crippen LogP contribution >= 0.6 is 23.2 Å². The van der Waals surface area contributed by atoms with E-state index in [2.05, 4.69) is 0 Å². The van der Waals surface area contributed by atoms with Crippen LogP contribution in [0.1, 0.15) is 24.8 Å². The van der Waals surface area contributed by atoms with Crippen molar-refractivity contribution in [2.24, 2.45) is 5.73 Å². The van der Waals surface area contributed by atoms with Crippen LogP contribution in [0.5, 0.6) is 0 Å². The quantitative estimate of drug-likeness (QED) is 0.836. The van der Waals surface area contributed by atoms with E-state index in [1.54, 1.807) is 13.2 Å². The number of rotatable bonds is 7. The number of nitrogens with zero attached hydrogens (tertiary/aromatic N) is 1. The van der Waals surface area contributed by atoms with Gasteiger partial charge in [0, 0.05) is 26.2 Å². The lowest BCUT2D eigenvalue weighted by atomic mass is 10.1. The van der Waals surface area contributed by atoms with Crippen molar-refractivity contribution in [1.82, 2.24) is 4.90 Å². The summed E-state index contributed by atoms with van der Waals surface area (Å²) in [7, 11) is 1.57. The van der Waals surface area contributed by atoms with Crippen LogP contribution in [-0.4, -0.2) is 36.6 Å². The van der Waals surface area contributed by atoms with Gasteiger partial charge in [0.1, 0.15) is 0 Å². The average Bonchev–Trinajstić information content (AvgIpc) is 3.30. The molecular weight excluding hydrogens is 311 g/mol. The molecule has 0 heterocycles. The molecule has 1 aromatic carbocycles. The maximum absolute atomic E-state index is 12.4. The van der Waals surface area contributed by atoms with E-state index in [1.807, 2.05) is 17.0 Å². The molecule has 2 rings (SSSR count). The summed E-state index contributed by atoms with van der Waals surface area (Å²) in [6.45, 7) is 0.884. The fraction of sp³-hybridized carbons (Fsp3) is 0.533. The number of nitrogens with two attached hydrogens (primary N) is 1. The molecule has 0 radical (unpaired) electrons. The Bertz CT molecular complexity index is 502. The Labute approximate surface area is 135 Å². The standard InChI is InChI=1S/C15H20Cl2N2O2/c1-21-12(8-18)7-15(20)19(11-3-4-11)9-10-2-5-13(16)14(17)6-10/h2,5-6,11-12H,3-4,7-9,18H2,1H3. The van der Waals surface area contributed by atoms with Crippen LogP contribution in [0.15, 0.2) is 18.2 Å². The van der Waals surface area contributed by atoms with Gasteiger partial charge in [0.15, 0.2) is 0 Å². The lowest BCUT2D eigenvalue weighted by Crippen LogP contribution is -2.37. The zero-order valence-corrected chi connectivity index (χ0v) is 13.5. The van der Waals surface area contributed by atoms with Crippen LogP contribution in [0.4, 0.5) is 0 Å². The molecule has 21 heavy (non-hydrogen) atoms. The molecule has 1 saturated carbocycles. The third-order valence-corrected chi connectivity index (χ3v) is 4.38. The second kappa shape index (κ2) is 7.45. The monoisotopic (exact) mass is 330 g/mol. The molecule has 0 bridgehead atoms. The number of benzene rings is 1. The van der Waals surface area contributed by atoms with Gasteiger partial charge in [-0.15, -0.1) is 0 Å². The molecule has 6 heteroatoms. The van der Waals surface area contributed by atoms with Crippen LogP contribution in [0.25, 0.3) is 0 Å². The first-order chi connectivity index (χ1) is 10.0. The number of halogens is 2. The molecule has 4 nitrogen and oxygen atoms in total. The molecule has 0 aliphatic heterocycles. The highest BCUT2D eigenvalue weighted by Crippen LogP contribution is 2.30. The minimum Gasteiger partial charge on any atom is -0.380 e. The molecule has 0 saturated heterocycles. The highest BCUT2D eigenvalue weighted by Gasteiger charge is 2.33. The third kappa shape index (κ3) is 4.58. The number of carbonyl (C=O) groups excluding carboxylic acids is 1. The van der Waals surface area contributed by atoms with Gasteiger partial charge in [-0.1, -0.05) is 29.3 Å². The summed E-state index contributed by atoms with van der Waals surface area (Å²) in [5.41, 5.74) is 6.56. The van der Waals surface area contributed by atoms with E-state index in [0.717, 1.165) is 18.4 Å². The van der Waals surface area contributed by atoms with Crippen molar-refractivity contribution < 1.29 is 9.53 Å². The van der Waals surface area contributed by atoms with Gasteiger partial charge in [-0.25, -0.2) is 0 Å².